The molecule has 0 aromatic rings. The second-order valence-corrected chi connectivity index (χ2v) is 4.39. The van der Waals surface area contributed by atoms with E-state index in [0.717, 1.165) is 12.8 Å². The lowest BCUT2D eigenvalue weighted by molar-refractivity contribution is -0.117. The first-order valence-corrected chi connectivity index (χ1v) is 5.89. The standard InChI is InChI=1S/C8H15NO4S/c1-3-4-5-9-8(10)7(2)6-14(11,12)13/h2-6H2,1H3,(H,9,10)(H,11,12,13). The first kappa shape index (κ1) is 13.1. The molecule has 0 atom stereocenters. The Kier molecular flexibility index (Phi) is 5.40. The molecule has 0 fully saturated rings. The Bertz CT molecular complexity index is 307. The molecule has 0 bridgehead atoms. The molecule has 0 heterocycles. The summed E-state index contributed by atoms with van der Waals surface area (Å²) in [7, 11) is -4.16. The SMILES string of the molecule is C=C(CS(=O)(=O)O)C(=O)NCCCC. The number of carbonyl (C=O) groups excluding carboxylic acids is 1. The Morgan fingerprint density at radius 2 is 2.07 bits per heavy atom. The molecular weight excluding hydrogens is 206 g/mol. The third kappa shape index (κ3) is 6.62. The van der Waals surface area contributed by atoms with E-state index in [4.69, 9.17) is 4.55 Å². The normalized spacial score (nSPS) is 11.0. The minimum absolute atomic E-state index is 0.149. The summed E-state index contributed by atoms with van der Waals surface area (Å²) in [5, 5.41) is 2.49. The van der Waals surface area contributed by atoms with Gasteiger partial charge in [-0.3, -0.25) is 9.35 Å². The number of nitrogens with one attached hydrogen (secondary N) is 1. The van der Waals surface area contributed by atoms with E-state index in [1.165, 1.54) is 0 Å². The van der Waals surface area contributed by atoms with Crippen LogP contribution in [0.5, 0.6) is 0 Å². The Morgan fingerprint density at radius 1 is 1.50 bits per heavy atom. The lowest BCUT2D eigenvalue weighted by atomic mass is 10.3. The van der Waals surface area contributed by atoms with Crippen LogP contribution >= 0.6 is 0 Å². The van der Waals surface area contributed by atoms with Crippen LogP contribution in [-0.4, -0.2) is 31.2 Å². The van der Waals surface area contributed by atoms with Gasteiger partial charge in [0.05, 0.1) is 0 Å². The van der Waals surface area contributed by atoms with Gasteiger partial charge in [-0.2, -0.15) is 8.42 Å². The van der Waals surface area contributed by atoms with E-state index in [0.29, 0.717) is 6.54 Å². The van der Waals surface area contributed by atoms with Gasteiger partial charge in [0, 0.05) is 12.1 Å². The van der Waals surface area contributed by atoms with E-state index in [-0.39, 0.29) is 5.57 Å². The summed E-state index contributed by atoms with van der Waals surface area (Å²) in [6.45, 7) is 5.72. The highest BCUT2D eigenvalue weighted by molar-refractivity contribution is 7.86. The fourth-order valence-electron chi connectivity index (χ4n) is 0.789. The van der Waals surface area contributed by atoms with Crippen LogP contribution in [0, 0.1) is 0 Å². The number of carbonyl (C=O) groups is 1. The molecule has 0 aromatic carbocycles. The van der Waals surface area contributed by atoms with Crippen LogP contribution in [0.1, 0.15) is 19.8 Å². The average Bonchev–Trinajstić information content (AvgIpc) is 2.01. The number of amides is 1. The van der Waals surface area contributed by atoms with Crippen LogP contribution in [0.15, 0.2) is 12.2 Å². The summed E-state index contributed by atoms with van der Waals surface area (Å²) < 4.78 is 29.2. The quantitative estimate of drug-likeness (QED) is 0.385. The number of rotatable bonds is 6. The number of hydrogen-bond donors (Lipinski definition) is 2. The molecule has 6 heteroatoms. The van der Waals surface area contributed by atoms with Crippen LogP contribution in [0.2, 0.25) is 0 Å². The number of unbranched alkanes of at least 4 members (excludes halogenated alkanes) is 1. The minimum atomic E-state index is -4.16. The van der Waals surface area contributed by atoms with Crippen LogP contribution in [-0.2, 0) is 14.9 Å². The molecule has 0 aliphatic heterocycles. The van der Waals surface area contributed by atoms with Crippen molar-refractivity contribution in [3.63, 3.8) is 0 Å². The predicted octanol–water partition coefficient (Wildman–Crippen LogP) is 0.347. The zero-order chi connectivity index (χ0) is 11.2. The zero-order valence-electron chi connectivity index (χ0n) is 8.12. The first-order chi connectivity index (χ1) is 6.37. The lowest BCUT2D eigenvalue weighted by Crippen LogP contribution is -2.28. The van der Waals surface area contributed by atoms with Crippen LogP contribution in [0.4, 0.5) is 0 Å². The van der Waals surface area contributed by atoms with Gasteiger partial charge in [0.1, 0.15) is 5.75 Å². The van der Waals surface area contributed by atoms with Crippen molar-refractivity contribution in [1.29, 1.82) is 0 Å². The van der Waals surface area contributed by atoms with Gasteiger partial charge in [-0.05, 0) is 6.42 Å². The molecule has 1 amide bonds. The summed E-state index contributed by atoms with van der Waals surface area (Å²) in [5.41, 5.74) is -0.149. The van der Waals surface area contributed by atoms with E-state index >= 15 is 0 Å². The molecule has 14 heavy (non-hydrogen) atoms. The Hall–Kier alpha value is -0.880. The molecule has 0 aliphatic carbocycles. The van der Waals surface area contributed by atoms with Crippen molar-refractivity contribution < 1.29 is 17.8 Å². The molecule has 0 saturated carbocycles. The third-order valence-electron chi connectivity index (χ3n) is 1.49. The summed E-state index contributed by atoms with van der Waals surface area (Å²) in [6.07, 6.45) is 1.76. The second kappa shape index (κ2) is 5.77. The van der Waals surface area contributed by atoms with Crippen molar-refractivity contribution >= 4 is 16.0 Å². The van der Waals surface area contributed by atoms with Gasteiger partial charge in [-0.15, -0.1) is 0 Å². The molecule has 0 aromatic heterocycles. The van der Waals surface area contributed by atoms with Crippen molar-refractivity contribution in [2.24, 2.45) is 0 Å². The molecule has 82 valence electrons. The monoisotopic (exact) mass is 221 g/mol. The molecule has 2 N–H and O–H groups in total. The molecule has 0 unspecified atom stereocenters. The fourth-order valence-corrected chi connectivity index (χ4v) is 1.36. The van der Waals surface area contributed by atoms with Crippen LogP contribution in [0.25, 0.3) is 0 Å². The minimum Gasteiger partial charge on any atom is -0.352 e. The summed E-state index contributed by atoms with van der Waals surface area (Å²) in [6, 6.07) is 0. The largest absolute Gasteiger partial charge is 0.352 e. The van der Waals surface area contributed by atoms with Gasteiger partial charge < -0.3 is 5.32 Å². The summed E-state index contributed by atoms with van der Waals surface area (Å²) >= 11 is 0. The van der Waals surface area contributed by atoms with Crippen molar-refractivity contribution in [2.75, 3.05) is 12.3 Å². The lowest BCUT2D eigenvalue weighted by Gasteiger charge is -2.05. The molecule has 0 spiro atoms. The molecule has 0 aliphatic rings. The van der Waals surface area contributed by atoms with Crippen LogP contribution < -0.4 is 5.32 Å². The Labute approximate surface area is 83.9 Å². The highest BCUT2D eigenvalue weighted by Crippen LogP contribution is 1.96. The van der Waals surface area contributed by atoms with E-state index in [1.807, 2.05) is 6.92 Å². The van der Waals surface area contributed by atoms with Gasteiger partial charge in [0.2, 0.25) is 5.91 Å². The summed E-state index contributed by atoms with van der Waals surface area (Å²) in [4.78, 5) is 11.1. The maximum Gasteiger partial charge on any atom is 0.269 e. The molecule has 0 rings (SSSR count). The maximum atomic E-state index is 11.1. The van der Waals surface area contributed by atoms with Gasteiger partial charge in [0.15, 0.2) is 0 Å². The maximum absolute atomic E-state index is 11.1. The van der Waals surface area contributed by atoms with Crippen molar-refractivity contribution in [3.8, 4) is 0 Å². The van der Waals surface area contributed by atoms with Gasteiger partial charge >= 0.3 is 0 Å². The number of hydrogen-bond acceptors (Lipinski definition) is 3. The van der Waals surface area contributed by atoms with E-state index < -0.39 is 21.8 Å². The molecule has 5 nitrogen and oxygen atoms in total. The Morgan fingerprint density at radius 3 is 2.50 bits per heavy atom. The zero-order valence-corrected chi connectivity index (χ0v) is 8.93. The third-order valence-corrected chi connectivity index (χ3v) is 2.21. The fraction of sp³-hybridized carbons (Fsp3) is 0.625. The predicted molar refractivity (Wildman–Crippen MR) is 53.5 cm³/mol. The van der Waals surface area contributed by atoms with Crippen molar-refractivity contribution in [3.05, 3.63) is 12.2 Å². The van der Waals surface area contributed by atoms with Crippen molar-refractivity contribution in [1.82, 2.24) is 5.32 Å². The van der Waals surface area contributed by atoms with Crippen LogP contribution in [0.3, 0.4) is 0 Å². The Balaban J connectivity index is 3.96. The average molecular weight is 221 g/mol. The smallest absolute Gasteiger partial charge is 0.269 e. The van der Waals surface area contributed by atoms with Gasteiger partial charge in [-0.1, -0.05) is 19.9 Å². The second-order valence-electron chi connectivity index (χ2n) is 2.94. The highest BCUT2D eigenvalue weighted by Gasteiger charge is 2.13. The van der Waals surface area contributed by atoms with Gasteiger partial charge in [-0.25, -0.2) is 0 Å². The van der Waals surface area contributed by atoms with E-state index in [1.54, 1.807) is 0 Å². The van der Waals surface area contributed by atoms with E-state index in [2.05, 4.69) is 11.9 Å². The highest BCUT2D eigenvalue weighted by atomic mass is 32.2. The van der Waals surface area contributed by atoms with Gasteiger partial charge in [0.25, 0.3) is 10.1 Å². The molecular formula is C8H15NO4S. The van der Waals surface area contributed by atoms with E-state index in [9.17, 15) is 13.2 Å². The van der Waals surface area contributed by atoms with Crippen molar-refractivity contribution in [2.45, 2.75) is 19.8 Å². The first-order valence-electron chi connectivity index (χ1n) is 4.28. The summed E-state index contributed by atoms with van der Waals surface area (Å²) in [5.74, 6) is -1.25. The topological polar surface area (TPSA) is 83.5 Å². The molecule has 0 saturated heterocycles. The molecule has 0 radical (unpaired) electrons.